The van der Waals surface area contributed by atoms with Crippen LogP contribution in [0.1, 0.15) is 87.4 Å². The van der Waals surface area contributed by atoms with Gasteiger partial charge in [-0.2, -0.15) is 5.10 Å². The minimum absolute atomic E-state index is 0.100. The second kappa shape index (κ2) is 11.2. The average Bonchev–Trinajstić information content (AvgIpc) is 3.07. The highest BCUT2D eigenvalue weighted by atomic mass is 16.5. The highest BCUT2D eigenvalue weighted by Gasteiger charge is 2.31. The summed E-state index contributed by atoms with van der Waals surface area (Å²) < 4.78 is 6.93. The number of esters is 1. The average molecular weight is 394 g/mol. The summed E-state index contributed by atoms with van der Waals surface area (Å²) in [6, 6.07) is 1.45. The van der Waals surface area contributed by atoms with Crippen molar-refractivity contribution in [2.24, 2.45) is 0 Å². The number of unbranched alkanes of at least 4 members (excludes halogenated alkanes) is 4. The summed E-state index contributed by atoms with van der Waals surface area (Å²) in [5, 5.41) is 14.2. The van der Waals surface area contributed by atoms with Crippen LogP contribution in [0.4, 0.5) is 0 Å². The number of aryl methyl sites for hydroxylation is 1. The molecule has 1 saturated heterocycles. The largest absolute Gasteiger partial charge is 0.480 e. The molecule has 7 nitrogen and oxygen atoms in total. The van der Waals surface area contributed by atoms with Gasteiger partial charge >= 0.3 is 11.9 Å². The third-order valence-corrected chi connectivity index (χ3v) is 5.49. The van der Waals surface area contributed by atoms with Crippen LogP contribution in [0.3, 0.4) is 0 Å². The number of ether oxygens (including phenoxy) is 1. The molecule has 0 spiro atoms. The topological polar surface area (TPSA) is 84.7 Å². The van der Waals surface area contributed by atoms with Crippen LogP contribution in [0.15, 0.2) is 6.07 Å². The van der Waals surface area contributed by atoms with E-state index in [1.54, 1.807) is 17.7 Å². The van der Waals surface area contributed by atoms with Crippen molar-refractivity contribution in [3.8, 4) is 0 Å². The molecule has 1 aliphatic rings. The zero-order chi connectivity index (χ0) is 20.5. The fourth-order valence-electron chi connectivity index (χ4n) is 4.00. The van der Waals surface area contributed by atoms with E-state index in [0.29, 0.717) is 31.8 Å². The number of carbonyl (C=O) groups is 2. The molecule has 1 N–H and O–H groups in total. The molecule has 7 heteroatoms. The zero-order valence-electron chi connectivity index (χ0n) is 17.5. The normalized spacial score (nSPS) is 16.8. The highest BCUT2D eigenvalue weighted by Crippen LogP contribution is 2.27. The molecule has 1 aromatic heterocycles. The fraction of sp³-hybridized carbons (Fsp3) is 0.762. The van der Waals surface area contributed by atoms with Crippen molar-refractivity contribution in [1.82, 2.24) is 14.7 Å². The Bertz CT molecular complexity index is 636. The summed E-state index contributed by atoms with van der Waals surface area (Å²) in [6.45, 7) is 7.58. The Morgan fingerprint density at radius 3 is 2.50 bits per heavy atom. The van der Waals surface area contributed by atoms with Crippen molar-refractivity contribution in [2.45, 2.75) is 84.2 Å². The van der Waals surface area contributed by atoms with Gasteiger partial charge in [-0.15, -0.1) is 0 Å². The van der Waals surface area contributed by atoms with Gasteiger partial charge in [0.05, 0.1) is 18.3 Å². The first-order chi connectivity index (χ1) is 13.5. The van der Waals surface area contributed by atoms with Gasteiger partial charge in [-0.1, -0.05) is 39.0 Å². The Morgan fingerprint density at radius 1 is 1.21 bits per heavy atom. The molecular weight excluding hydrogens is 358 g/mol. The number of aliphatic carboxylic acids is 1. The van der Waals surface area contributed by atoms with E-state index in [1.165, 1.54) is 19.3 Å². The minimum Gasteiger partial charge on any atom is -0.480 e. The Hall–Kier alpha value is -1.89. The Labute approximate surface area is 168 Å². The van der Waals surface area contributed by atoms with Crippen molar-refractivity contribution in [2.75, 3.05) is 19.7 Å². The second-order valence-corrected chi connectivity index (χ2v) is 7.66. The summed E-state index contributed by atoms with van der Waals surface area (Å²) in [7, 11) is 0. The van der Waals surface area contributed by atoms with Crippen molar-refractivity contribution in [1.29, 1.82) is 0 Å². The predicted octanol–water partition coefficient (Wildman–Crippen LogP) is 3.82. The van der Waals surface area contributed by atoms with Crippen LogP contribution in [0.5, 0.6) is 0 Å². The highest BCUT2D eigenvalue weighted by molar-refractivity contribution is 5.87. The summed E-state index contributed by atoms with van der Waals surface area (Å²) in [4.78, 5) is 26.1. The standard InChI is InChI=1S/C21H35N3O4/c1-4-6-7-8-9-10-18(20(25)26)23-13-11-17(12-14-23)24-19(15-16(3)22-24)21(27)28-5-2/h15,17-18H,4-14H2,1-3H3,(H,25,26). The Morgan fingerprint density at radius 2 is 1.89 bits per heavy atom. The van der Waals surface area contributed by atoms with Crippen LogP contribution in [0, 0.1) is 6.92 Å². The molecule has 1 aliphatic heterocycles. The number of hydrogen-bond acceptors (Lipinski definition) is 5. The monoisotopic (exact) mass is 393 g/mol. The maximum absolute atomic E-state index is 12.2. The van der Waals surface area contributed by atoms with Gasteiger partial charge in [0.25, 0.3) is 0 Å². The molecule has 1 aromatic rings. The van der Waals surface area contributed by atoms with Crippen molar-refractivity contribution in [3.05, 3.63) is 17.5 Å². The first-order valence-corrected chi connectivity index (χ1v) is 10.7. The molecule has 2 rings (SSSR count). The van der Waals surface area contributed by atoms with Crippen LogP contribution in [0.2, 0.25) is 0 Å². The number of rotatable bonds is 11. The number of piperidine rings is 1. The summed E-state index contributed by atoms with van der Waals surface area (Å²) in [5.41, 5.74) is 1.28. The molecule has 1 fully saturated rings. The first kappa shape index (κ1) is 22.4. The van der Waals surface area contributed by atoms with E-state index in [-0.39, 0.29) is 12.0 Å². The van der Waals surface area contributed by atoms with Crippen LogP contribution < -0.4 is 0 Å². The molecule has 0 saturated carbocycles. The van der Waals surface area contributed by atoms with E-state index >= 15 is 0 Å². The maximum atomic E-state index is 12.2. The summed E-state index contributed by atoms with van der Waals surface area (Å²) in [6.07, 6.45) is 7.93. The lowest BCUT2D eigenvalue weighted by Crippen LogP contribution is -2.46. The van der Waals surface area contributed by atoms with Gasteiger partial charge in [-0.05, 0) is 39.2 Å². The summed E-state index contributed by atoms with van der Waals surface area (Å²) >= 11 is 0. The number of nitrogens with zero attached hydrogens (tertiary/aromatic N) is 3. The van der Waals surface area contributed by atoms with E-state index in [2.05, 4.69) is 16.9 Å². The van der Waals surface area contributed by atoms with Gasteiger partial charge in [0.15, 0.2) is 0 Å². The smallest absolute Gasteiger partial charge is 0.356 e. The van der Waals surface area contributed by atoms with E-state index in [9.17, 15) is 14.7 Å². The Balaban J connectivity index is 1.94. The molecule has 158 valence electrons. The van der Waals surface area contributed by atoms with Gasteiger partial charge < -0.3 is 9.84 Å². The quantitative estimate of drug-likeness (QED) is 0.454. The van der Waals surface area contributed by atoms with Crippen LogP contribution in [-0.2, 0) is 9.53 Å². The number of aromatic nitrogens is 2. The van der Waals surface area contributed by atoms with Gasteiger partial charge in [-0.25, -0.2) is 4.79 Å². The van der Waals surface area contributed by atoms with E-state index in [4.69, 9.17) is 4.74 Å². The molecule has 28 heavy (non-hydrogen) atoms. The van der Waals surface area contributed by atoms with Crippen molar-refractivity contribution < 1.29 is 19.4 Å². The third kappa shape index (κ3) is 6.06. The molecule has 1 unspecified atom stereocenters. The van der Waals surface area contributed by atoms with E-state index in [1.807, 2.05) is 6.92 Å². The minimum atomic E-state index is -0.726. The van der Waals surface area contributed by atoms with Crippen LogP contribution in [-0.4, -0.2) is 57.5 Å². The Kier molecular flexibility index (Phi) is 8.96. The third-order valence-electron chi connectivity index (χ3n) is 5.49. The van der Waals surface area contributed by atoms with Crippen LogP contribution >= 0.6 is 0 Å². The first-order valence-electron chi connectivity index (χ1n) is 10.7. The van der Waals surface area contributed by atoms with Crippen molar-refractivity contribution in [3.63, 3.8) is 0 Å². The lowest BCUT2D eigenvalue weighted by atomic mass is 9.99. The van der Waals surface area contributed by atoms with E-state index in [0.717, 1.165) is 31.4 Å². The number of carboxylic acids is 1. The lowest BCUT2D eigenvalue weighted by molar-refractivity contribution is -0.144. The molecule has 0 aromatic carbocycles. The fourth-order valence-corrected chi connectivity index (χ4v) is 4.00. The summed E-state index contributed by atoms with van der Waals surface area (Å²) in [5.74, 6) is -1.07. The molecular formula is C21H35N3O4. The van der Waals surface area contributed by atoms with Gasteiger partial charge in [0.1, 0.15) is 11.7 Å². The molecule has 2 heterocycles. The molecule has 0 bridgehead atoms. The molecule has 0 radical (unpaired) electrons. The number of hydrogen-bond donors (Lipinski definition) is 1. The number of carbonyl (C=O) groups excluding carboxylic acids is 1. The molecule has 0 amide bonds. The molecule has 0 aliphatic carbocycles. The zero-order valence-corrected chi connectivity index (χ0v) is 17.5. The maximum Gasteiger partial charge on any atom is 0.356 e. The second-order valence-electron chi connectivity index (χ2n) is 7.66. The van der Waals surface area contributed by atoms with Gasteiger partial charge in [0, 0.05) is 13.1 Å². The molecule has 1 atom stereocenters. The van der Waals surface area contributed by atoms with Crippen molar-refractivity contribution >= 4 is 11.9 Å². The number of likely N-dealkylation sites (tertiary alicyclic amines) is 1. The van der Waals surface area contributed by atoms with Crippen LogP contribution in [0.25, 0.3) is 0 Å². The van der Waals surface area contributed by atoms with Gasteiger partial charge in [0.2, 0.25) is 0 Å². The number of carboxylic acid groups (broad SMARTS) is 1. The predicted molar refractivity (Wildman–Crippen MR) is 108 cm³/mol. The SMILES string of the molecule is CCCCCCCC(C(=O)O)N1CCC(n2nc(C)cc2C(=O)OCC)CC1. The van der Waals surface area contributed by atoms with E-state index < -0.39 is 12.0 Å². The lowest BCUT2D eigenvalue weighted by Gasteiger charge is -2.36. The van der Waals surface area contributed by atoms with Gasteiger partial charge in [-0.3, -0.25) is 14.4 Å².